The van der Waals surface area contributed by atoms with Gasteiger partial charge in [0.2, 0.25) is 5.88 Å². The van der Waals surface area contributed by atoms with Crippen molar-refractivity contribution in [3.8, 4) is 11.6 Å². The maximum atomic E-state index is 12.4. The van der Waals surface area contributed by atoms with Crippen LogP contribution in [0.3, 0.4) is 0 Å². The normalized spacial score (nSPS) is 11.0. The standard InChI is InChI=1S/C21H20ClN3O4S/c1-2-13-23-21(26)15-3-12-20(24-14-15)29-18-8-6-17(7-9-18)25-30(27,28)19-10-4-16(22)5-11-19/h3-12,14,25H,2,13H2,1H3,(H,23,26). The molecule has 1 amide bonds. The number of hydrogen-bond acceptors (Lipinski definition) is 5. The summed E-state index contributed by atoms with van der Waals surface area (Å²) in [4.78, 5) is 16.1. The first-order valence-corrected chi connectivity index (χ1v) is 11.0. The monoisotopic (exact) mass is 445 g/mol. The van der Waals surface area contributed by atoms with E-state index < -0.39 is 10.0 Å². The van der Waals surface area contributed by atoms with Crippen LogP contribution in [0.1, 0.15) is 23.7 Å². The zero-order valence-electron chi connectivity index (χ0n) is 16.1. The Bertz CT molecular complexity index is 1100. The molecule has 0 aliphatic carbocycles. The highest BCUT2D eigenvalue weighted by Gasteiger charge is 2.14. The van der Waals surface area contributed by atoms with E-state index in [2.05, 4.69) is 15.0 Å². The number of sulfonamides is 1. The summed E-state index contributed by atoms with van der Waals surface area (Å²) in [5, 5.41) is 3.23. The molecule has 0 saturated heterocycles. The van der Waals surface area contributed by atoms with Crippen LogP contribution in [-0.4, -0.2) is 25.9 Å². The summed E-state index contributed by atoms with van der Waals surface area (Å²) >= 11 is 5.80. The number of rotatable bonds is 8. The number of nitrogens with zero attached hydrogens (tertiary/aromatic N) is 1. The second-order valence-electron chi connectivity index (χ2n) is 6.33. The van der Waals surface area contributed by atoms with Crippen LogP contribution >= 0.6 is 11.6 Å². The predicted molar refractivity (Wildman–Crippen MR) is 116 cm³/mol. The number of aromatic nitrogens is 1. The van der Waals surface area contributed by atoms with Crippen molar-refractivity contribution in [1.29, 1.82) is 0 Å². The maximum Gasteiger partial charge on any atom is 0.261 e. The molecule has 0 aliphatic rings. The molecule has 9 heteroatoms. The van der Waals surface area contributed by atoms with Crippen molar-refractivity contribution in [1.82, 2.24) is 10.3 Å². The number of halogens is 1. The van der Waals surface area contributed by atoms with E-state index in [0.717, 1.165) is 6.42 Å². The summed E-state index contributed by atoms with van der Waals surface area (Å²) in [7, 11) is -3.72. The van der Waals surface area contributed by atoms with E-state index in [1.807, 2.05) is 6.92 Å². The molecular formula is C21H20ClN3O4S. The number of anilines is 1. The number of amides is 1. The fraction of sp³-hybridized carbons (Fsp3) is 0.143. The highest BCUT2D eigenvalue weighted by Crippen LogP contribution is 2.23. The molecule has 156 valence electrons. The van der Waals surface area contributed by atoms with E-state index in [0.29, 0.717) is 34.4 Å². The molecular weight excluding hydrogens is 426 g/mol. The third-order valence-corrected chi connectivity index (χ3v) is 5.64. The van der Waals surface area contributed by atoms with Crippen LogP contribution in [0, 0.1) is 0 Å². The van der Waals surface area contributed by atoms with Crippen molar-refractivity contribution >= 4 is 33.2 Å². The molecule has 7 nitrogen and oxygen atoms in total. The summed E-state index contributed by atoms with van der Waals surface area (Å²) in [6, 6.07) is 15.5. The number of carbonyl (C=O) groups is 1. The molecule has 3 rings (SSSR count). The summed E-state index contributed by atoms with van der Waals surface area (Å²) < 4.78 is 33.0. The Morgan fingerprint density at radius 3 is 2.33 bits per heavy atom. The lowest BCUT2D eigenvalue weighted by Crippen LogP contribution is -2.23. The Balaban J connectivity index is 1.63. The Morgan fingerprint density at radius 2 is 1.73 bits per heavy atom. The average Bonchev–Trinajstić information content (AvgIpc) is 2.74. The third kappa shape index (κ3) is 5.71. The van der Waals surface area contributed by atoms with Gasteiger partial charge in [0.05, 0.1) is 10.5 Å². The first-order valence-electron chi connectivity index (χ1n) is 9.18. The second kappa shape index (κ2) is 9.60. The number of hydrogen-bond donors (Lipinski definition) is 2. The summed E-state index contributed by atoms with van der Waals surface area (Å²) in [5.41, 5.74) is 0.830. The minimum Gasteiger partial charge on any atom is -0.439 e. The third-order valence-electron chi connectivity index (χ3n) is 3.99. The Morgan fingerprint density at radius 1 is 1.03 bits per heavy atom. The molecule has 1 heterocycles. The highest BCUT2D eigenvalue weighted by molar-refractivity contribution is 7.92. The van der Waals surface area contributed by atoms with Gasteiger partial charge >= 0.3 is 0 Å². The van der Waals surface area contributed by atoms with Crippen molar-refractivity contribution in [2.45, 2.75) is 18.2 Å². The molecule has 0 radical (unpaired) electrons. The molecule has 0 bridgehead atoms. The molecule has 2 N–H and O–H groups in total. The van der Waals surface area contributed by atoms with Gasteiger partial charge in [-0.2, -0.15) is 0 Å². The molecule has 0 fully saturated rings. The lowest BCUT2D eigenvalue weighted by molar-refractivity contribution is 0.0953. The van der Waals surface area contributed by atoms with E-state index >= 15 is 0 Å². The van der Waals surface area contributed by atoms with Crippen LogP contribution in [0.15, 0.2) is 71.8 Å². The molecule has 1 aromatic heterocycles. The largest absolute Gasteiger partial charge is 0.439 e. The highest BCUT2D eigenvalue weighted by atomic mass is 35.5. The fourth-order valence-electron chi connectivity index (χ4n) is 2.46. The van der Waals surface area contributed by atoms with Gasteiger partial charge in [0.25, 0.3) is 15.9 Å². The molecule has 0 spiro atoms. The van der Waals surface area contributed by atoms with Crippen molar-refractivity contribution in [3.05, 3.63) is 77.4 Å². The minimum absolute atomic E-state index is 0.111. The van der Waals surface area contributed by atoms with Gasteiger partial charge in [-0.15, -0.1) is 0 Å². The number of carbonyl (C=O) groups excluding carboxylic acids is 1. The quantitative estimate of drug-likeness (QED) is 0.533. The van der Waals surface area contributed by atoms with Gasteiger partial charge in [0.15, 0.2) is 0 Å². The van der Waals surface area contributed by atoms with Crippen molar-refractivity contribution in [3.63, 3.8) is 0 Å². The Hall–Kier alpha value is -3.10. The van der Waals surface area contributed by atoms with Gasteiger partial charge < -0.3 is 10.1 Å². The molecule has 2 aromatic carbocycles. The van der Waals surface area contributed by atoms with Crippen molar-refractivity contribution in [2.75, 3.05) is 11.3 Å². The van der Waals surface area contributed by atoms with Crippen molar-refractivity contribution < 1.29 is 17.9 Å². The van der Waals surface area contributed by atoms with Crippen molar-refractivity contribution in [2.24, 2.45) is 0 Å². The van der Waals surface area contributed by atoms with Gasteiger partial charge in [-0.3, -0.25) is 9.52 Å². The first-order chi connectivity index (χ1) is 14.4. The van der Waals surface area contributed by atoms with Crippen LogP contribution in [0.25, 0.3) is 0 Å². The average molecular weight is 446 g/mol. The summed E-state index contributed by atoms with van der Waals surface area (Å²) in [6.07, 6.45) is 2.29. The van der Waals surface area contributed by atoms with Crippen LogP contribution in [0.5, 0.6) is 11.6 Å². The summed E-state index contributed by atoms with van der Waals surface area (Å²) in [6.45, 7) is 2.58. The minimum atomic E-state index is -3.72. The van der Waals surface area contributed by atoms with Gasteiger partial charge in [-0.25, -0.2) is 13.4 Å². The van der Waals surface area contributed by atoms with E-state index in [4.69, 9.17) is 16.3 Å². The van der Waals surface area contributed by atoms with Gasteiger partial charge in [-0.1, -0.05) is 18.5 Å². The molecule has 0 aliphatic heterocycles. The van der Waals surface area contributed by atoms with E-state index in [9.17, 15) is 13.2 Å². The molecule has 3 aromatic rings. The lowest BCUT2D eigenvalue weighted by Gasteiger charge is -2.10. The number of nitrogens with one attached hydrogen (secondary N) is 2. The van der Waals surface area contributed by atoms with E-state index in [1.54, 1.807) is 36.4 Å². The molecule has 30 heavy (non-hydrogen) atoms. The fourth-order valence-corrected chi connectivity index (χ4v) is 3.64. The Labute approximate surface area is 180 Å². The van der Waals surface area contributed by atoms with Crippen LogP contribution < -0.4 is 14.8 Å². The zero-order valence-corrected chi connectivity index (χ0v) is 17.7. The van der Waals surface area contributed by atoms with Crippen LogP contribution in [0.2, 0.25) is 5.02 Å². The topological polar surface area (TPSA) is 97.4 Å². The van der Waals surface area contributed by atoms with Gasteiger partial charge in [0, 0.05) is 29.5 Å². The lowest BCUT2D eigenvalue weighted by atomic mass is 10.2. The molecule has 0 atom stereocenters. The van der Waals surface area contributed by atoms with Crippen LogP contribution in [0.4, 0.5) is 5.69 Å². The van der Waals surface area contributed by atoms with Crippen LogP contribution in [-0.2, 0) is 10.0 Å². The zero-order chi connectivity index (χ0) is 21.6. The predicted octanol–water partition coefficient (Wildman–Crippen LogP) is 4.47. The molecule has 0 unspecified atom stereocenters. The smallest absolute Gasteiger partial charge is 0.261 e. The number of benzene rings is 2. The first kappa shape index (κ1) is 21.6. The van der Waals surface area contributed by atoms with Gasteiger partial charge in [-0.05, 0) is 61.0 Å². The Kier molecular flexibility index (Phi) is 6.91. The number of pyridine rings is 1. The van der Waals surface area contributed by atoms with Gasteiger partial charge in [0.1, 0.15) is 5.75 Å². The summed E-state index contributed by atoms with van der Waals surface area (Å²) in [5.74, 6) is 0.602. The maximum absolute atomic E-state index is 12.4. The SMILES string of the molecule is CCCNC(=O)c1ccc(Oc2ccc(NS(=O)(=O)c3ccc(Cl)cc3)cc2)nc1. The molecule has 0 saturated carbocycles. The number of ether oxygens (including phenoxy) is 1. The second-order valence-corrected chi connectivity index (χ2v) is 8.45. The van der Waals surface area contributed by atoms with E-state index in [1.165, 1.54) is 30.5 Å². The van der Waals surface area contributed by atoms with E-state index in [-0.39, 0.29) is 10.8 Å².